The maximum atomic E-state index is 11.9. The zero-order valence-electron chi connectivity index (χ0n) is 15.5. The van der Waals surface area contributed by atoms with Gasteiger partial charge in [-0.25, -0.2) is 4.79 Å². The lowest BCUT2D eigenvalue weighted by molar-refractivity contribution is -0.171. The van der Waals surface area contributed by atoms with E-state index in [4.69, 9.17) is 9.57 Å². The van der Waals surface area contributed by atoms with E-state index in [9.17, 15) is 4.79 Å². The van der Waals surface area contributed by atoms with Gasteiger partial charge in [-0.2, -0.15) is 5.06 Å². The Bertz CT molecular complexity index is 427. The van der Waals surface area contributed by atoms with Crippen LogP contribution in [0.5, 0.6) is 0 Å². The molecule has 6 nitrogen and oxygen atoms in total. The highest BCUT2D eigenvalue weighted by Gasteiger charge is 2.51. The Morgan fingerprint density at radius 1 is 1.21 bits per heavy atom. The topological polar surface area (TPSA) is 45.2 Å². The molecule has 24 heavy (non-hydrogen) atoms. The van der Waals surface area contributed by atoms with E-state index in [0.29, 0.717) is 24.1 Å². The average Bonchev–Trinajstić information content (AvgIpc) is 3.01. The number of hydrogen-bond donors (Lipinski definition) is 0. The third-order valence-corrected chi connectivity index (χ3v) is 6.27. The van der Waals surface area contributed by atoms with Crippen LogP contribution in [-0.2, 0) is 9.57 Å². The van der Waals surface area contributed by atoms with Gasteiger partial charge in [0.05, 0.1) is 13.7 Å². The van der Waals surface area contributed by atoms with Crippen molar-refractivity contribution in [2.24, 2.45) is 5.41 Å². The van der Waals surface area contributed by atoms with E-state index in [1.54, 1.807) is 7.11 Å². The van der Waals surface area contributed by atoms with Crippen molar-refractivity contribution in [3.8, 4) is 0 Å². The molecule has 0 radical (unpaired) electrons. The van der Waals surface area contributed by atoms with Crippen LogP contribution in [-0.4, -0.2) is 79.5 Å². The Kier molecular flexibility index (Phi) is 5.67. The van der Waals surface area contributed by atoms with Gasteiger partial charge in [-0.15, -0.1) is 0 Å². The molecule has 3 rings (SSSR count). The first-order valence-corrected chi connectivity index (χ1v) is 9.57. The number of piperidine rings is 1. The first-order valence-electron chi connectivity index (χ1n) is 9.57. The summed E-state index contributed by atoms with van der Waals surface area (Å²) >= 11 is 0. The maximum Gasteiger partial charge on any atom is 0.409 e. The summed E-state index contributed by atoms with van der Waals surface area (Å²) in [6, 6.07) is 1.28. The third kappa shape index (κ3) is 3.55. The van der Waals surface area contributed by atoms with Crippen LogP contribution in [0.3, 0.4) is 0 Å². The highest BCUT2D eigenvalue weighted by Crippen LogP contribution is 2.50. The minimum atomic E-state index is -0.127. The summed E-state index contributed by atoms with van der Waals surface area (Å²) in [7, 11) is 1.78. The fourth-order valence-corrected chi connectivity index (χ4v) is 4.91. The number of amides is 1. The molecular formula is C18H33N3O3. The molecule has 1 amide bonds. The second kappa shape index (κ2) is 7.58. The molecule has 0 aromatic rings. The highest BCUT2D eigenvalue weighted by atomic mass is 16.7. The lowest BCUT2D eigenvalue weighted by atomic mass is 9.64. The molecule has 2 saturated heterocycles. The smallest absolute Gasteiger partial charge is 0.409 e. The molecule has 6 heteroatoms. The maximum absolute atomic E-state index is 11.9. The molecule has 0 N–H and O–H groups in total. The summed E-state index contributed by atoms with van der Waals surface area (Å²) in [5.74, 6) is 0. The minimum absolute atomic E-state index is 0.127. The first kappa shape index (κ1) is 18.0. The Morgan fingerprint density at radius 2 is 1.92 bits per heavy atom. The standard InChI is InChI=1S/C18H33N3O3/c1-4-21(23-3)15-6-9-19(10-7-15)16-12-18(13-16)8-11-20(14-18)17(22)24-5-2/h15-16H,4-14H2,1-3H3. The molecule has 1 aliphatic carbocycles. The van der Waals surface area contributed by atoms with Gasteiger partial charge in [0, 0.05) is 44.8 Å². The van der Waals surface area contributed by atoms with Crippen LogP contribution in [0.1, 0.15) is 46.0 Å². The first-order chi connectivity index (χ1) is 11.6. The third-order valence-electron chi connectivity index (χ3n) is 6.27. The number of ether oxygens (including phenoxy) is 1. The van der Waals surface area contributed by atoms with Gasteiger partial charge in [0.25, 0.3) is 0 Å². The Morgan fingerprint density at radius 3 is 2.50 bits per heavy atom. The monoisotopic (exact) mass is 339 g/mol. The van der Waals surface area contributed by atoms with Crippen molar-refractivity contribution in [1.29, 1.82) is 0 Å². The number of carbonyl (C=O) groups is 1. The van der Waals surface area contributed by atoms with E-state index in [1.165, 1.54) is 38.8 Å². The van der Waals surface area contributed by atoms with Crippen LogP contribution < -0.4 is 0 Å². The minimum Gasteiger partial charge on any atom is -0.450 e. The van der Waals surface area contributed by atoms with Crippen molar-refractivity contribution in [2.45, 2.75) is 58.0 Å². The van der Waals surface area contributed by atoms with Crippen LogP contribution in [0, 0.1) is 5.41 Å². The quantitative estimate of drug-likeness (QED) is 0.720. The normalized spacial score (nSPS) is 31.7. The van der Waals surface area contributed by atoms with Crippen LogP contribution in [0.25, 0.3) is 0 Å². The van der Waals surface area contributed by atoms with Gasteiger partial charge in [0.15, 0.2) is 0 Å². The Labute approximate surface area is 146 Å². The number of carbonyl (C=O) groups excluding carboxylic acids is 1. The number of hydrogen-bond acceptors (Lipinski definition) is 5. The fourth-order valence-electron chi connectivity index (χ4n) is 4.91. The van der Waals surface area contributed by atoms with E-state index < -0.39 is 0 Å². The van der Waals surface area contributed by atoms with E-state index in [0.717, 1.165) is 26.1 Å². The molecular weight excluding hydrogens is 306 g/mol. The zero-order valence-corrected chi connectivity index (χ0v) is 15.5. The fraction of sp³-hybridized carbons (Fsp3) is 0.944. The van der Waals surface area contributed by atoms with Crippen molar-refractivity contribution in [3.05, 3.63) is 0 Å². The number of hydroxylamine groups is 2. The molecule has 2 heterocycles. The lowest BCUT2D eigenvalue weighted by Gasteiger charge is -2.52. The van der Waals surface area contributed by atoms with Crippen LogP contribution in [0.2, 0.25) is 0 Å². The molecule has 1 saturated carbocycles. The molecule has 0 bridgehead atoms. The van der Waals surface area contributed by atoms with Gasteiger partial charge in [-0.05, 0) is 44.4 Å². The van der Waals surface area contributed by atoms with Crippen LogP contribution in [0.15, 0.2) is 0 Å². The molecule has 0 aromatic heterocycles. The van der Waals surface area contributed by atoms with Gasteiger partial charge in [0.2, 0.25) is 0 Å². The Hall–Kier alpha value is -0.850. The average molecular weight is 339 g/mol. The van der Waals surface area contributed by atoms with Gasteiger partial charge in [0.1, 0.15) is 0 Å². The van der Waals surface area contributed by atoms with E-state index in [-0.39, 0.29) is 6.09 Å². The molecule has 3 aliphatic rings. The Balaban J connectivity index is 1.42. The van der Waals surface area contributed by atoms with Gasteiger partial charge >= 0.3 is 6.09 Å². The molecule has 3 fully saturated rings. The van der Waals surface area contributed by atoms with Crippen molar-refractivity contribution in [1.82, 2.24) is 14.9 Å². The van der Waals surface area contributed by atoms with Gasteiger partial charge in [-0.1, -0.05) is 6.92 Å². The van der Waals surface area contributed by atoms with Crippen molar-refractivity contribution in [2.75, 3.05) is 46.4 Å². The summed E-state index contributed by atoms with van der Waals surface area (Å²) in [5, 5.41) is 2.12. The molecule has 0 unspecified atom stereocenters. The van der Waals surface area contributed by atoms with E-state index in [2.05, 4.69) is 16.9 Å². The van der Waals surface area contributed by atoms with Gasteiger partial charge < -0.3 is 19.4 Å². The SMILES string of the molecule is CCOC(=O)N1CCC2(CC(N3CCC(N(CC)OC)CC3)C2)C1. The van der Waals surface area contributed by atoms with E-state index >= 15 is 0 Å². The predicted molar refractivity (Wildman–Crippen MR) is 92.7 cm³/mol. The van der Waals surface area contributed by atoms with Crippen molar-refractivity contribution < 1.29 is 14.4 Å². The number of rotatable bonds is 5. The summed E-state index contributed by atoms with van der Waals surface area (Å²) < 4.78 is 5.15. The lowest BCUT2D eigenvalue weighted by Crippen LogP contribution is -2.55. The van der Waals surface area contributed by atoms with Crippen LogP contribution >= 0.6 is 0 Å². The second-order valence-corrected chi connectivity index (χ2v) is 7.62. The summed E-state index contributed by atoms with van der Waals surface area (Å²) in [5.41, 5.74) is 0.371. The summed E-state index contributed by atoms with van der Waals surface area (Å²) in [4.78, 5) is 21.9. The zero-order chi connectivity index (χ0) is 17.2. The largest absolute Gasteiger partial charge is 0.450 e. The summed E-state index contributed by atoms with van der Waals surface area (Å²) in [6.45, 7) is 9.56. The summed E-state index contributed by atoms with van der Waals surface area (Å²) in [6.07, 6.45) is 5.90. The van der Waals surface area contributed by atoms with Crippen molar-refractivity contribution >= 4 is 6.09 Å². The molecule has 2 aliphatic heterocycles. The highest BCUT2D eigenvalue weighted by molar-refractivity contribution is 5.68. The molecule has 0 atom stereocenters. The van der Waals surface area contributed by atoms with Crippen LogP contribution in [0.4, 0.5) is 4.79 Å². The molecule has 138 valence electrons. The molecule has 0 aromatic carbocycles. The van der Waals surface area contributed by atoms with Gasteiger partial charge in [-0.3, -0.25) is 0 Å². The predicted octanol–water partition coefficient (Wildman–Crippen LogP) is 2.35. The van der Waals surface area contributed by atoms with E-state index in [1.807, 2.05) is 11.8 Å². The molecule has 1 spiro atoms. The number of likely N-dealkylation sites (tertiary alicyclic amines) is 2. The second-order valence-electron chi connectivity index (χ2n) is 7.62. The number of nitrogens with zero attached hydrogens (tertiary/aromatic N) is 3. The van der Waals surface area contributed by atoms with Crippen molar-refractivity contribution in [3.63, 3.8) is 0 Å².